The van der Waals surface area contributed by atoms with Crippen molar-refractivity contribution in [3.8, 4) is 0 Å². The van der Waals surface area contributed by atoms with Crippen LogP contribution in [0.5, 0.6) is 0 Å². The van der Waals surface area contributed by atoms with Gasteiger partial charge in [-0.3, -0.25) is 14.6 Å². The highest BCUT2D eigenvalue weighted by Crippen LogP contribution is 2.36. The van der Waals surface area contributed by atoms with E-state index in [2.05, 4.69) is 29.1 Å². The minimum atomic E-state index is -0.491. The van der Waals surface area contributed by atoms with Crippen LogP contribution in [0.1, 0.15) is 65.4 Å². The molecule has 1 unspecified atom stereocenters. The SMILES string of the molecule is C\C=C1/C(=N\C(=N\C)Nc2ccc(N(C)C(C)=O)c(C)c2)N(C2CCCC2)CC(C)(CC)C(=O)N1C. The molecule has 1 heterocycles. The highest BCUT2D eigenvalue weighted by molar-refractivity contribution is 6.11. The number of amidine groups is 1. The average molecular weight is 495 g/mol. The lowest BCUT2D eigenvalue weighted by Crippen LogP contribution is -2.46. The van der Waals surface area contributed by atoms with Crippen LogP contribution in [0.2, 0.25) is 0 Å². The van der Waals surface area contributed by atoms with Crippen molar-refractivity contribution >= 4 is 35.0 Å². The number of likely N-dealkylation sites (N-methyl/N-ethyl adjacent to an activating group) is 1. The summed E-state index contributed by atoms with van der Waals surface area (Å²) < 4.78 is 0. The number of nitrogens with zero attached hydrogens (tertiary/aromatic N) is 5. The topological polar surface area (TPSA) is 80.6 Å². The maximum Gasteiger partial charge on any atom is 0.234 e. The van der Waals surface area contributed by atoms with Crippen LogP contribution < -0.4 is 10.2 Å². The predicted molar refractivity (Wildman–Crippen MR) is 149 cm³/mol. The second kappa shape index (κ2) is 11.3. The van der Waals surface area contributed by atoms with Gasteiger partial charge in [-0.25, -0.2) is 0 Å². The number of rotatable bonds is 4. The Morgan fingerprint density at radius 3 is 2.50 bits per heavy atom. The Morgan fingerprint density at radius 1 is 1.31 bits per heavy atom. The molecule has 1 aliphatic heterocycles. The van der Waals surface area contributed by atoms with Crippen LogP contribution in [-0.4, -0.2) is 67.1 Å². The van der Waals surface area contributed by atoms with E-state index in [0.717, 1.165) is 47.7 Å². The number of anilines is 2. The van der Waals surface area contributed by atoms with Crippen molar-refractivity contribution in [3.05, 3.63) is 35.5 Å². The van der Waals surface area contributed by atoms with Gasteiger partial charge in [0.05, 0.1) is 11.1 Å². The van der Waals surface area contributed by atoms with E-state index in [1.807, 2.05) is 45.2 Å². The quantitative estimate of drug-likeness (QED) is 0.481. The van der Waals surface area contributed by atoms with Gasteiger partial charge in [0.1, 0.15) is 0 Å². The molecule has 8 heteroatoms. The standard InChI is InChI=1S/C28H42N6O2/c1-9-23-25(34(22-13-11-12-14-22)18-28(5,10-2)26(36)33(23)8)31-27(29-6)30-21-15-16-24(19(3)17-21)32(7)20(4)35/h9,15-17,22H,10-14,18H2,1-8H3,(H,29,30)/b23-9+,31-25+. The maximum atomic E-state index is 13.5. The van der Waals surface area contributed by atoms with E-state index in [9.17, 15) is 9.59 Å². The average Bonchev–Trinajstić information content (AvgIpc) is 3.38. The Hall–Kier alpha value is -3.16. The third-order valence-electron chi connectivity index (χ3n) is 7.73. The molecule has 1 N–H and O–H groups in total. The number of benzene rings is 1. The number of carbonyl (C=O) groups is 2. The van der Waals surface area contributed by atoms with Crippen molar-refractivity contribution in [2.45, 2.75) is 72.8 Å². The molecule has 0 bridgehead atoms. The maximum absolute atomic E-state index is 13.5. The van der Waals surface area contributed by atoms with Crippen molar-refractivity contribution in [3.63, 3.8) is 0 Å². The van der Waals surface area contributed by atoms with E-state index in [1.165, 1.54) is 12.8 Å². The van der Waals surface area contributed by atoms with E-state index in [1.54, 1.807) is 30.8 Å². The molecular weight excluding hydrogens is 452 g/mol. The zero-order valence-corrected chi connectivity index (χ0v) is 23.2. The van der Waals surface area contributed by atoms with Crippen LogP contribution in [0.15, 0.2) is 40.0 Å². The minimum absolute atomic E-state index is 0.0157. The van der Waals surface area contributed by atoms with Gasteiger partial charge in [0, 0.05) is 52.0 Å². The molecule has 2 fully saturated rings. The molecule has 0 aromatic heterocycles. The summed E-state index contributed by atoms with van der Waals surface area (Å²) >= 11 is 0. The molecule has 8 nitrogen and oxygen atoms in total. The largest absolute Gasteiger partial charge is 0.351 e. The summed E-state index contributed by atoms with van der Waals surface area (Å²) in [6, 6.07) is 6.19. The monoisotopic (exact) mass is 494 g/mol. The number of amides is 2. The van der Waals surface area contributed by atoms with Gasteiger partial charge in [-0.2, -0.15) is 4.99 Å². The van der Waals surface area contributed by atoms with Gasteiger partial charge in [-0.05, 0) is 63.8 Å². The second-order valence-corrected chi connectivity index (χ2v) is 10.2. The summed E-state index contributed by atoms with van der Waals surface area (Å²) in [4.78, 5) is 40.6. The molecule has 36 heavy (non-hydrogen) atoms. The Bertz CT molecular complexity index is 1090. The summed E-state index contributed by atoms with van der Waals surface area (Å²) in [6.45, 7) is 10.3. The van der Waals surface area contributed by atoms with Crippen molar-refractivity contribution in [1.82, 2.24) is 9.80 Å². The molecule has 1 saturated heterocycles. The zero-order chi connectivity index (χ0) is 26.6. The first-order chi connectivity index (χ1) is 17.1. The fourth-order valence-electron chi connectivity index (χ4n) is 5.20. The van der Waals surface area contributed by atoms with Crippen molar-refractivity contribution in [1.29, 1.82) is 0 Å². The highest BCUT2D eigenvalue weighted by Gasteiger charge is 2.44. The van der Waals surface area contributed by atoms with E-state index < -0.39 is 5.41 Å². The molecule has 1 atom stereocenters. The number of hydrogen-bond acceptors (Lipinski definition) is 3. The summed E-state index contributed by atoms with van der Waals surface area (Å²) in [5.74, 6) is 1.36. The van der Waals surface area contributed by atoms with E-state index in [4.69, 9.17) is 4.99 Å². The van der Waals surface area contributed by atoms with Crippen LogP contribution >= 0.6 is 0 Å². The van der Waals surface area contributed by atoms with Crippen LogP contribution in [0.4, 0.5) is 11.4 Å². The van der Waals surface area contributed by atoms with Gasteiger partial charge in [0.2, 0.25) is 17.8 Å². The summed E-state index contributed by atoms with van der Waals surface area (Å²) in [6.07, 6.45) is 7.33. The van der Waals surface area contributed by atoms with Gasteiger partial charge in [-0.15, -0.1) is 0 Å². The lowest BCUT2D eigenvalue weighted by Gasteiger charge is -2.35. The number of carbonyl (C=O) groups excluding carboxylic acids is 2. The molecule has 1 aromatic rings. The number of nitrogens with one attached hydrogen (secondary N) is 1. The fraction of sp³-hybridized carbons (Fsp3) is 0.571. The molecule has 0 radical (unpaired) electrons. The molecule has 1 aliphatic carbocycles. The van der Waals surface area contributed by atoms with E-state index in [0.29, 0.717) is 18.5 Å². The van der Waals surface area contributed by atoms with Crippen LogP contribution in [0.3, 0.4) is 0 Å². The first-order valence-electron chi connectivity index (χ1n) is 12.9. The minimum Gasteiger partial charge on any atom is -0.351 e. The van der Waals surface area contributed by atoms with E-state index >= 15 is 0 Å². The molecule has 2 amide bonds. The third kappa shape index (κ3) is 5.47. The molecular formula is C28H42N6O2. The van der Waals surface area contributed by atoms with Crippen molar-refractivity contribution in [2.24, 2.45) is 15.4 Å². The lowest BCUT2D eigenvalue weighted by atomic mass is 9.85. The fourth-order valence-corrected chi connectivity index (χ4v) is 5.20. The summed E-state index contributed by atoms with van der Waals surface area (Å²) in [5.41, 5.74) is 2.99. The smallest absolute Gasteiger partial charge is 0.234 e. The van der Waals surface area contributed by atoms with Gasteiger partial charge in [0.25, 0.3) is 0 Å². The van der Waals surface area contributed by atoms with Gasteiger partial charge < -0.3 is 20.0 Å². The van der Waals surface area contributed by atoms with Crippen LogP contribution in [0, 0.1) is 12.3 Å². The Labute approximate surface area is 216 Å². The summed E-state index contributed by atoms with van der Waals surface area (Å²) in [5, 5.41) is 3.35. The van der Waals surface area contributed by atoms with Crippen molar-refractivity contribution < 1.29 is 9.59 Å². The highest BCUT2D eigenvalue weighted by atomic mass is 16.2. The number of aryl methyl sites for hydroxylation is 1. The Balaban J connectivity index is 2.02. The molecule has 0 spiro atoms. The third-order valence-corrected chi connectivity index (χ3v) is 7.73. The molecule has 1 saturated carbocycles. The zero-order valence-electron chi connectivity index (χ0n) is 23.2. The normalized spacial score (nSPS) is 24.0. The molecule has 1 aromatic carbocycles. The van der Waals surface area contributed by atoms with Crippen LogP contribution in [-0.2, 0) is 9.59 Å². The molecule has 196 valence electrons. The van der Waals surface area contributed by atoms with Crippen LogP contribution in [0.25, 0.3) is 0 Å². The second-order valence-electron chi connectivity index (χ2n) is 10.2. The van der Waals surface area contributed by atoms with Gasteiger partial charge in [-0.1, -0.05) is 25.8 Å². The number of hydrogen-bond donors (Lipinski definition) is 1. The van der Waals surface area contributed by atoms with E-state index in [-0.39, 0.29) is 11.8 Å². The Morgan fingerprint density at radius 2 is 1.97 bits per heavy atom. The number of allylic oxidation sites excluding steroid dienone is 1. The first kappa shape index (κ1) is 27.4. The molecule has 3 rings (SSSR count). The lowest BCUT2D eigenvalue weighted by molar-refractivity contribution is -0.137. The Kier molecular flexibility index (Phi) is 8.59. The first-order valence-corrected chi connectivity index (χ1v) is 12.9. The van der Waals surface area contributed by atoms with Crippen molar-refractivity contribution in [2.75, 3.05) is 37.9 Å². The number of guanidine groups is 1. The van der Waals surface area contributed by atoms with Gasteiger partial charge in [0.15, 0.2) is 5.84 Å². The number of aliphatic imine (C=N–C) groups is 2. The van der Waals surface area contributed by atoms with Gasteiger partial charge >= 0.3 is 0 Å². The molecule has 2 aliphatic rings. The summed E-state index contributed by atoms with van der Waals surface area (Å²) in [7, 11) is 5.34. The predicted octanol–water partition coefficient (Wildman–Crippen LogP) is 4.81.